The Morgan fingerprint density at radius 3 is 2.58 bits per heavy atom. The summed E-state index contributed by atoms with van der Waals surface area (Å²) in [7, 11) is 0. The summed E-state index contributed by atoms with van der Waals surface area (Å²) in [5, 5.41) is 14.3. The molecule has 1 atom stereocenters. The van der Waals surface area contributed by atoms with Crippen molar-refractivity contribution >= 4 is 51.5 Å². The maximum atomic E-state index is 12.8. The fraction of sp³-hybridized carbons (Fsp3) is 0.130. The van der Waals surface area contributed by atoms with Crippen molar-refractivity contribution in [3.05, 3.63) is 82.2 Å². The number of thiophene rings is 1. The van der Waals surface area contributed by atoms with Gasteiger partial charge in [-0.15, -0.1) is 21.5 Å². The molecule has 0 bridgehead atoms. The minimum atomic E-state index is -0.584. The van der Waals surface area contributed by atoms with Crippen molar-refractivity contribution in [2.75, 3.05) is 5.32 Å². The molecule has 33 heavy (non-hydrogen) atoms. The van der Waals surface area contributed by atoms with Crippen molar-refractivity contribution in [3.8, 4) is 11.4 Å². The minimum absolute atomic E-state index is 0.265. The average molecular weight is 498 g/mol. The summed E-state index contributed by atoms with van der Waals surface area (Å²) in [4.78, 5) is 24.4. The Hall–Kier alpha value is -3.14. The first kappa shape index (κ1) is 23.0. The van der Waals surface area contributed by atoms with Crippen LogP contribution in [0.1, 0.15) is 22.8 Å². The van der Waals surface area contributed by atoms with Gasteiger partial charge in [0.1, 0.15) is 5.00 Å². The highest BCUT2D eigenvalue weighted by molar-refractivity contribution is 8.00. The Morgan fingerprint density at radius 1 is 1.12 bits per heavy atom. The Bertz CT molecular complexity index is 1290. The number of thioether (sulfide) groups is 1. The second-order valence-electron chi connectivity index (χ2n) is 7.13. The fourth-order valence-electron chi connectivity index (χ4n) is 3.15. The summed E-state index contributed by atoms with van der Waals surface area (Å²) in [6.45, 7) is 2.29. The standard InChI is InChI=1S/C23H20ClN5O2S2/c1-14(21(31)26-22-17(19(25)30)11-12-32-22)33-23-28-27-20(16-9-5-6-10-18(16)24)29(23)13-15-7-3-2-4-8-15/h2-12,14H,13H2,1H3,(H2,25,30)(H,26,31)/t14-/m0/s1. The summed E-state index contributed by atoms with van der Waals surface area (Å²) in [5.74, 6) is -0.230. The quantitative estimate of drug-likeness (QED) is 0.336. The molecule has 168 valence electrons. The zero-order valence-electron chi connectivity index (χ0n) is 17.6. The van der Waals surface area contributed by atoms with Gasteiger partial charge in [-0.05, 0) is 36.1 Å². The van der Waals surface area contributed by atoms with Crippen LogP contribution >= 0.6 is 34.7 Å². The lowest BCUT2D eigenvalue weighted by Crippen LogP contribution is -2.24. The summed E-state index contributed by atoms with van der Waals surface area (Å²) in [6, 6.07) is 19.0. The van der Waals surface area contributed by atoms with Gasteiger partial charge in [-0.25, -0.2) is 0 Å². The molecule has 10 heteroatoms. The van der Waals surface area contributed by atoms with Crippen LogP contribution in [0.4, 0.5) is 5.00 Å². The SMILES string of the molecule is C[C@H](Sc1nnc(-c2ccccc2Cl)n1Cc1ccccc1)C(=O)Nc1sccc1C(N)=O. The largest absolute Gasteiger partial charge is 0.366 e. The van der Waals surface area contributed by atoms with E-state index in [0.29, 0.717) is 33.1 Å². The van der Waals surface area contributed by atoms with Crippen LogP contribution in [-0.2, 0) is 11.3 Å². The Morgan fingerprint density at radius 2 is 1.85 bits per heavy atom. The molecule has 0 spiro atoms. The lowest BCUT2D eigenvalue weighted by atomic mass is 10.2. The van der Waals surface area contributed by atoms with Crippen molar-refractivity contribution in [1.82, 2.24) is 14.8 Å². The van der Waals surface area contributed by atoms with Gasteiger partial charge in [-0.3, -0.25) is 14.2 Å². The van der Waals surface area contributed by atoms with Gasteiger partial charge in [0, 0.05) is 5.56 Å². The summed E-state index contributed by atoms with van der Waals surface area (Å²) < 4.78 is 1.95. The number of hydrogen-bond donors (Lipinski definition) is 2. The van der Waals surface area contributed by atoms with Crippen LogP contribution in [0.15, 0.2) is 71.2 Å². The van der Waals surface area contributed by atoms with Gasteiger partial charge < -0.3 is 11.1 Å². The Balaban J connectivity index is 1.61. The third-order valence-electron chi connectivity index (χ3n) is 4.83. The molecule has 4 aromatic rings. The molecule has 0 fully saturated rings. The predicted octanol–water partition coefficient (Wildman–Crippen LogP) is 4.93. The van der Waals surface area contributed by atoms with E-state index < -0.39 is 11.2 Å². The number of aromatic nitrogens is 3. The predicted molar refractivity (Wildman–Crippen MR) is 133 cm³/mol. The highest BCUT2D eigenvalue weighted by atomic mass is 35.5. The number of nitrogens with one attached hydrogen (secondary N) is 1. The fourth-order valence-corrected chi connectivity index (χ4v) is 5.02. The van der Waals surface area contributed by atoms with Crippen LogP contribution in [0.2, 0.25) is 5.02 Å². The minimum Gasteiger partial charge on any atom is -0.366 e. The van der Waals surface area contributed by atoms with Crippen molar-refractivity contribution in [3.63, 3.8) is 0 Å². The number of hydrogen-bond acceptors (Lipinski definition) is 6. The highest BCUT2D eigenvalue weighted by Crippen LogP contribution is 2.32. The molecule has 0 radical (unpaired) electrons. The number of nitrogens with two attached hydrogens (primary N) is 1. The number of primary amides is 1. The van der Waals surface area contributed by atoms with Crippen molar-refractivity contribution < 1.29 is 9.59 Å². The molecule has 0 aliphatic carbocycles. The van der Waals surface area contributed by atoms with Crippen LogP contribution in [0.3, 0.4) is 0 Å². The van der Waals surface area contributed by atoms with Gasteiger partial charge in [0.25, 0.3) is 5.91 Å². The second kappa shape index (κ2) is 10.2. The molecular formula is C23H20ClN5O2S2. The van der Waals surface area contributed by atoms with Crippen LogP contribution in [0, 0.1) is 0 Å². The summed E-state index contributed by atoms with van der Waals surface area (Å²) in [5.41, 5.74) is 7.49. The van der Waals surface area contributed by atoms with Gasteiger partial charge in [-0.1, -0.05) is 65.8 Å². The maximum absolute atomic E-state index is 12.8. The summed E-state index contributed by atoms with van der Waals surface area (Å²) in [6.07, 6.45) is 0. The third kappa shape index (κ3) is 5.27. The molecule has 0 aliphatic rings. The first-order valence-corrected chi connectivity index (χ1v) is 12.1. The molecule has 0 saturated heterocycles. The lowest BCUT2D eigenvalue weighted by molar-refractivity contribution is -0.115. The first-order chi connectivity index (χ1) is 15.9. The van der Waals surface area contributed by atoms with Crippen LogP contribution < -0.4 is 11.1 Å². The lowest BCUT2D eigenvalue weighted by Gasteiger charge is -2.14. The van der Waals surface area contributed by atoms with E-state index in [-0.39, 0.29) is 5.91 Å². The number of carbonyl (C=O) groups excluding carboxylic acids is 2. The molecular weight excluding hydrogens is 478 g/mol. The molecule has 2 aromatic heterocycles. The van der Waals surface area contributed by atoms with Gasteiger partial charge in [0.2, 0.25) is 5.91 Å². The van der Waals surface area contributed by atoms with E-state index in [1.165, 1.54) is 23.1 Å². The van der Waals surface area contributed by atoms with Crippen LogP contribution in [0.25, 0.3) is 11.4 Å². The number of halogens is 1. The second-order valence-corrected chi connectivity index (χ2v) is 9.77. The molecule has 2 heterocycles. The molecule has 7 nitrogen and oxygen atoms in total. The number of carbonyl (C=O) groups is 2. The van der Waals surface area contributed by atoms with E-state index in [4.69, 9.17) is 17.3 Å². The van der Waals surface area contributed by atoms with Crippen molar-refractivity contribution in [2.45, 2.75) is 23.9 Å². The molecule has 0 unspecified atom stereocenters. The summed E-state index contributed by atoms with van der Waals surface area (Å²) >= 11 is 8.96. The first-order valence-electron chi connectivity index (χ1n) is 10.0. The number of nitrogens with zero attached hydrogens (tertiary/aromatic N) is 3. The zero-order chi connectivity index (χ0) is 23.4. The van der Waals surface area contributed by atoms with Gasteiger partial charge in [0.15, 0.2) is 11.0 Å². The molecule has 2 amide bonds. The molecule has 0 saturated carbocycles. The molecule has 4 rings (SSSR count). The van der Waals surface area contributed by atoms with Crippen LogP contribution in [0.5, 0.6) is 0 Å². The zero-order valence-corrected chi connectivity index (χ0v) is 20.0. The molecule has 2 aromatic carbocycles. The number of rotatable bonds is 8. The van der Waals surface area contributed by atoms with E-state index >= 15 is 0 Å². The van der Waals surface area contributed by atoms with Crippen LogP contribution in [-0.4, -0.2) is 31.8 Å². The highest BCUT2D eigenvalue weighted by Gasteiger charge is 2.23. The number of amides is 2. The van der Waals surface area contributed by atoms with E-state index in [1.807, 2.05) is 53.1 Å². The Labute approximate surface area is 204 Å². The topological polar surface area (TPSA) is 103 Å². The smallest absolute Gasteiger partial charge is 0.251 e. The third-order valence-corrected chi connectivity index (χ3v) is 7.07. The van der Waals surface area contributed by atoms with E-state index in [9.17, 15) is 9.59 Å². The van der Waals surface area contributed by atoms with E-state index in [0.717, 1.165) is 11.1 Å². The van der Waals surface area contributed by atoms with E-state index in [1.54, 1.807) is 24.4 Å². The molecule has 3 N–H and O–H groups in total. The van der Waals surface area contributed by atoms with Gasteiger partial charge in [0.05, 0.1) is 22.4 Å². The number of benzene rings is 2. The monoisotopic (exact) mass is 497 g/mol. The van der Waals surface area contributed by atoms with Gasteiger partial charge >= 0.3 is 0 Å². The van der Waals surface area contributed by atoms with E-state index in [2.05, 4.69) is 15.5 Å². The van der Waals surface area contributed by atoms with Crippen molar-refractivity contribution in [1.29, 1.82) is 0 Å². The number of anilines is 1. The molecule has 0 aliphatic heterocycles. The maximum Gasteiger partial charge on any atom is 0.251 e. The average Bonchev–Trinajstić information content (AvgIpc) is 3.42. The normalized spacial score (nSPS) is 11.8. The Kier molecular flexibility index (Phi) is 7.12. The van der Waals surface area contributed by atoms with Gasteiger partial charge in [-0.2, -0.15) is 0 Å². The van der Waals surface area contributed by atoms with Crippen molar-refractivity contribution in [2.24, 2.45) is 5.73 Å².